The van der Waals surface area contributed by atoms with Crippen molar-refractivity contribution in [3.63, 3.8) is 0 Å². The Labute approximate surface area is 106 Å². The molecule has 1 heterocycles. The number of rotatable bonds is 4. The monoisotopic (exact) mass is 283 g/mol. The molecule has 2 rings (SSSR count). The largest absolute Gasteiger partial charge is 0.377 e. The van der Waals surface area contributed by atoms with E-state index in [1.165, 1.54) is 24.8 Å². The molecule has 0 bridgehead atoms. The molecule has 3 heteroatoms. The second-order valence-electron chi connectivity index (χ2n) is 4.25. The van der Waals surface area contributed by atoms with Crippen molar-refractivity contribution in [3.05, 3.63) is 34.3 Å². The smallest absolute Gasteiger partial charge is 0.0699 e. The number of benzene rings is 1. The Kier molecular flexibility index (Phi) is 4.82. The summed E-state index contributed by atoms with van der Waals surface area (Å²) in [7, 11) is 0. The van der Waals surface area contributed by atoms with Crippen molar-refractivity contribution in [1.82, 2.24) is 5.32 Å². The first-order valence-electron chi connectivity index (χ1n) is 5.91. The van der Waals surface area contributed by atoms with Crippen LogP contribution in [0.2, 0.25) is 0 Å². The number of nitrogens with one attached hydrogen (secondary N) is 1. The Morgan fingerprint density at radius 2 is 2.31 bits per heavy atom. The molecule has 1 aliphatic heterocycles. The van der Waals surface area contributed by atoms with Gasteiger partial charge in [-0.25, -0.2) is 0 Å². The van der Waals surface area contributed by atoms with Crippen LogP contribution in [0.5, 0.6) is 0 Å². The van der Waals surface area contributed by atoms with Crippen LogP contribution in [0.15, 0.2) is 28.7 Å². The van der Waals surface area contributed by atoms with Gasteiger partial charge < -0.3 is 10.1 Å². The van der Waals surface area contributed by atoms with Crippen molar-refractivity contribution in [1.29, 1.82) is 0 Å². The molecular formula is C13H18BrNO. The number of hydrogen-bond acceptors (Lipinski definition) is 2. The summed E-state index contributed by atoms with van der Waals surface area (Å²) in [4.78, 5) is 0. The van der Waals surface area contributed by atoms with E-state index >= 15 is 0 Å². The zero-order chi connectivity index (χ0) is 11.2. The molecule has 1 fully saturated rings. The van der Waals surface area contributed by atoms with Crippen molar-refractivity contribution in [2.45, 2.75) is 31.9 Å². The summed E-state index contributed by atoms with van der Waals surface area (Å²) in [5.74, 6) is 0. The number of hydrogen-bond donors (Lipinski definition) is 1. The fraction of sp³-hybridized carbons (Fsp3) is 0.538. The average Bonchev–Trinajstić information content (AvgIpc) is 2.30. The topological polar surface area (TPSA) is 21.3 Å². The molecule has 1 N–H and O–H groups in total. The zero-order valence-electron chi connectivity index (χ0n) is 9.42. The number of halogens is 1. The van der Waals surface area contributed by atoms with Gasteiger partial charge in [-0.3, -0.25) is 0 Å². The highest BCUT2D eigenvalue weighted by molar-refractivity contribution is 9.10. The maximum atomic E-state index is 5.67. The van der Waals surface area contributed by atoms with Crippen LogP contribution in [0, 0.1) is 0 Å². The van der Waals surface area contributed by atoms with Crippen LogP contribution in [-0.2, 0) is 11.3 Å². The van der Waals surface area contributed by atoms with Gasteiger partial charge in [-0.15, -0.1) is 0 Å². The molecule has 2 nitrogen and oxygen atoms in total. The first-order chi connectivity index (χ1) is 7.84. The Morgan fingerprint density at radius 3 is 3.06 bits per heavy atom. The molecule has 0 spiro atoms. The number of ether oxygens (including phenoxy) is 1. The maximum absolute atomic E-state index is 5.67. The average molecular weight is 284 g/mol. The summed E-state index contributed by atoms with van der Waals surface area (Å²) in [5.41, 5.74) is 1.31. The van der Waals surface area contributed by atoms with Gasteiger partial charge in [0.15, 0.2) is 0 Å². The molecule has 0 saturated carbocycles. The molecule has 1 saturated heterocycles. The lowest BCUT2D eigenvalue weighted by molar-refractivity contribution is 0.0168. The Balaban J connectivity index is 1.71. The third-order valence-electron chi connectivity index (χ3n) is 2.86. The summed E-state index contributed by atoms with van der Waals surface area (Å²) in [5, 5.41) is 3.45. The van der Waals surface area contributed by atoms with Crippen LogP contribution in [0.25, 0.3) is 0 Å². The van der Waals surface area contributed by atoms with E-state index in [1.54, 1.807) is 0 Å². The normalized spacial score (nSPS) is 20.9. The SMILES string of the molecule is Brc1cccc(CNCC2CCCCO2)c1. The van der Waals surface area contributed by atoms with Crippen molar-refractivity contribution in [2.75, 3.05) is 13.2 Å². The third-order valence-corrected chi connectivity index (χ3v) is 3.36. The van der Waals surface area contributed by atoms with Crippen LogP contribution >= 0.6 is 15.9 Å². The van der Waals surface area contributed by atoms with Gasteiger partial charge in [-0.2, -0.15) is 0 Å². The van der Waals surface area contributed by atoms with Crippen molar-refractivity contribution >= 4 is 15.9 Å². The second-order valence-corrected chi connectivity index (χ2v) is 5.17. The Hall–Kier alpha value is -0.380. The van der Waals surface area contributed by atoms with Gasteiger partial charge in [0.25, 0.3) is 0 Å². The van der Waals surface area contributed by atoms with E-state index in [0.717, 1.165) is 24.2 Å². The van der Waals surface area contributed by atoms with Gasteiger partial charge in [0.05, 0.1) is 6.10 Å². The van der Waals surface area contributed by atoms with Crippen LogP contribution < -0.4 is 5.32 Å². The molecule has 1 unspecified atom stereocenters. The van der Waals surface area contributed by atoms with Gasteiger partial charge >= 0.3 is 0 Å². The van der Waals surface area contributed by atoms with E-state index in [-0.39, 0.29) is 0 Å². The van der Waals surface area contributed by atoms with Crippen molar-refractivity contribution in [3.8, 4) is 0 Å². The van der Waals surface area contributed by atoms with Gasteiger partial charge in [0, 0.05) is 24.2 Å². The summed E-state index contributed by atoms with van der Waals surface area (Å²) in [6.45, 7) is 2.81. The molecule has 16 heavy (non-hydrogen) atoms. The van der Waals surface area contributed by atoms with Crippen LogP contribution in [0.4, 0.5) is 0 Å². The van der Waals surface area contributed by atoms with E-state index in [1.807, 2.05) is 6.07 Å². The highest BCUT2D eigenvalue weighted by Crippen LogP contribution is 2.13. The Bertz CT molecular complexity index is 323. The minimum absolute atomic E-state index is 0.418. The van der Waals surface area contributed by atoms with E-state index in [2.05, 4.69) is 39.4 Å². The van der Waals surface area contributed by atoms with Gasteiger partial charge in [-0.05, 0) is 37.0 Å². The van der Waals surface area contributed by atoms with E-state index in [4.69, 9.17) is 4.74 Å². The van der Waals surface area contributed by atoms with Crippen molar-refractivity contribution < 1.29 is 4.74 Å². The second kappa shape index (κ2) is 6.38. The molecule has 1 aromatic rings. The molecule has 1 aromatic carbocycles. The predicted octanol–water partition coefficient (Wildman–Crippen LogP) is 3.11. The molecular weight excluding hydrogens is 266 g/mol. The first kappa shape index (κ1) is 12.1. The molecule has 1 aliphatic rings. The fourth-order valence-corrected chi connectivity index (χ4v) is 2.44. The lowest BCUT2D eigenvalue weighted by Crippen LogP contribution is -2.31. The van der Waals surface area contributed by atoms with Crippen molar-refractivity contribution in [2.24, 2.45) is 0 Å². The lowest BCUT2D eigenvalue weighted by atomic mass is 10.1. The molecule has 1 atom stereocenters. The highest BCUT2D eigenvalue weighted by atomic mass is 79.9. The summed E-state index contributed by atoms with van der Waals surface area (Å²) >= 11 is 3.48. The van der Waals surface area contributed by atoms with Gasteiger partial charge in [-0.1, -0.05) is 28.1 Å². The highest BCUT2D eigenvalue weighted by Gasteiger charge is 2.12. The van der Waals surface area contributed by atoms with E-state index in [9.17, 15) is 0 Å². The van der Waals surface area contributed by atoms with E-state index < -0.39 is 0 Å². The minimum atomic E-state index is 0.418. The summed E-state index contributed by atoms with van der Waals surface area (Å²) in [6, 6.07) is 8.40. The lowest BCUT2D eigenvalue weighted by Gasteiger charge is -2.22. The van der Waals surface area contributed by atoms with Gasteiger partial charge in [0.1, 0.15) is 0 Å². The molecule has 0 aromatic heterocycles. The zero-order valence-corrected chi connectivity index (χ0v) is 11.0. The van der Waals surface area contributed by atoms with Crippen LogP contribution in [0.3, 0.4) is 0 Å². The quantitative estimate of drug-likeness (QED) is 0.917. The standard InChI is InChI=1S/C13H18BrNO/c14-12-5-3-4-11(8-12)9-15-10-13-6-1-2-7-16-13/h3-5,8,13,15H,1-2,6-7,9-10H2. The summed E-state index contributed by atoms with van der Waals surface area (Å²) < 4.78 is 6.81. The molecule has 0 radical (unpaired) electrons. The molecule has 88 valence electrons. The van der Waals surface area contributed by atoms with E-state index in [0.29, 0.717) is 6.10 Å². The predicted molar refractivity (Wildman–Crippen MR) is 69.4 cm³/mol. The fourth-order valence-electron chi connectivity index (χ4n) is 1.99. The summed E-state index contributed by atoms with van der Waals surface area (Å²) in [6.07, 6.45) is 4.15. The van der Waals surface area contributed by atoms with Crippen LogP contribution in [0.1, 0.15) is 24.8 Å². The molecule has 0 aliphatic carbocycles. The maximum Gasteiger partial charge on any atom is 0.0699 e. The minimum Gasteiger partial charge on any atom is -0.377 e. The molecule has 0 amide bonds. The Morgan fingerprint density at radius 1 is 1.38 bits per heavy atom. The van der Waals surface area contributed by atoms with Gasteiger partial charge in [0.2, 0.25) is 0 Å². The first-order valence-corrected chi connectivity index (χ1v) is 6.70. The third kappa shape index (κ3) is 3.89. The van der Waals surface area contributed by atoms with Crippen LogP contribution in [-0.4, -0.2) is 19.3 Å².